The highest BCUT2D eigenvalue weighted by Gasteiger charge is 2.40. The first kappa shape index (κ1) is 29.8. The smallest absolute Gasteiger partial charge is 0.159 e. The van der Waals surface area contributed by atoms with Crippen molar-refractivity contribution >= 4 is 60.9 Å². The third-order valence-corrected chi connectivity index (χ3v) is 11.4. The number of nitrogens with zero attached hydrogens (tertiary/aromatic N) is 1. The molecule has 2 heterocycles. The molecule has 250 valence electrons. The lowest BCUT2D eigenvalue weighted by atomic mass is 9.74. The fourth-order valence-corrected chi connectivity index (χ4v) is 8.75. The van der Waals surface area contributed by atoms with Gasteiger partial charge in [0.05, 0.1) is 5.69 Å². The lowest BCUT2D eigenvalue weighted by Gasteiger charge is -2.28. The summed E-state index contributed by atoms with van der Waals surface area (Å²) >= 11 is 0. The number of para-hydroxylation sites is 2. The first-order valence-electron chi connectivity index (χ1n) is 18.2. The van der Waals surface area contributed by atoms with E-state index in [0.717, 1.165) is 60.9 Å². The number of rotatable bonds is 5. The van der Waals surface area contributed by atoms with Crippen LogP contribution in [0.5, 0.6) is 0 Å². The summed E-state index contributed by atoms with van der Waals surface area (Å²) in [7, 11) is 0. The molecule has 8 aromatic carbocycles. The van der Waals surface area contributed by atoms with E-state index in [1.165, 1.54) is 38.9 Å². The van der Waals surface area contributed by atoms with Crippen molar-refractivity contribution in [1.29, 1.82) is 0 Å². The van der Waals surface area contributed by atoms with Gasteiger partial charge in [-0.05, 0) is 100 Å². The maximum Gasteiger partial charge on any atom is 0.159 e. The molecule has 2 aromatic heterocycles. The molecule has 0 saturated heterocycles. The third-order valence-electron chi connectivity index (χ3n) is 11.4. The van der Waals surface area contributed by atoms with Crippen LogP contribution in [-0.4, -0.2) is 0 Å². The molecule has 11 rings (SSSR count). The van der Waals surface area contributed by atoms with Gasteiger partial charge in [0.2, 0.25) is 0 Å². The molecule has 0 fully saturated rings. The van der Waals surface area contributed by atoms with Gasteiger partial charge in [-0.3, -0.25) is 0 Å². The number of anilines is 3. The standard InChI is InChI=1S/C50H33NO2/c1-50(43-18-8-5-14-37(43)38-15-6-9-19-44(38)50)34-24-28-48-41(30-34)40-17-11-20-45(49(40)53-48)51(35-25-22-33(23-26-35)32-12-3-2-4-13-32)36-27-29-47-42(31-36)39-16-7-10-21-46(39)52-47/h2-31H,1H3. The minimum absolute atomic E-state index is 0.294. The van der Waals surface area contributed by atoms with E-state index < -0.39 is 0 Å². The van der Waals surface area contributed by atoms with Crippen LogP contribution in [0, 0.1) is 0 Å². The number of hydrogen-bond acceptors (Lipinski definition) is 3. The van der Waals surface area contributed by atoms with Gasteiger partial charge in [-0.1, -0.05) is 127 Å². The van der Waals surface area contributed by atoms with Crippen LogP contribution in [0.1, 0.15) is 23.6 Å². The Morgan fingerprint density at radius 3 is 1.79 bits per heavy atom. The van der Waals surface area contributed by atoms with Gasteiger partial charge < -0.3 is 13.7 Å². The van der Waals surface area contributed by atoms with Crippen molar-refractivity contribution in [2.45, 2.75) is 12.3 Å². The van der Waals surface area contributed by atoms with E-state index in [9.17, 15) is 0 Å². The SMILES string of the molecule is CC1(c2ccc3oc4c(N(c5ccc(-c6ccccc6)cc5)c5ccc6oc7ccccc7c6c5)cccc4c3c2)c2ccccc2-c2ccccc21. The average molecular weight is 680 g/mol. The van der Waals surface area contributed by atoms with Crippen LogP contribution >= 0.6 is 0 Å². The van der Waals surface area contributed by atoms with E-state index in [1.54, 1.807) is 0 Å². The predicted octanol–water partition coefficient (Wildman–Crippen LogP) is 14.0. The van der Waals surface area contributed by atoms with E-state index in [-0.39, 0.29) is 5.41 Å². The van der Waals surface area contributed by atoms with Crippen LogP contribution in [0.25, 0.3) is 66.1 Å². The number of benzene rings is 8. The highest BCUT2D eigenvalue weighted by Crippen LogP contribution is 2.53. The first-order valence-corrected chi connectivity index (χ1v) is 18.2. The summed E-state index contributed by atoms with van der Waals surface area (Å²) in [6.07, 6.45) is 0. The second kappa shape index (κ2) is 11.3. The monoisotopic (exact) mass is 679 g/mol. The number of fused-ring (bicyclic) bond motifs is 9. The van der Waals surface area contributed by atoms with Gasteiger partial charge in [-0.25, -0.2) is 0 Å². The maximum atomic E-state index is 6.87. The zero-order chi connectivity index (χ0) is 35.1. The zero-order valence-corrected chi connectivity index (χ0v) is 29.1. The molecule has 0 radical (unpaired) electrons. The van der Waals surface area contributed by atoms with E-state index in [2.05, 4.69) is 182 Å². The Morgan fingerprint density at radius 1 is 0.415 bits per heavy atom. The zero-order valence-electron chi connectivity index (χ0n) is 29.1. The summed E-state index contributed by atoms with van der Waals surface area (Å²) in [5, 5.41) is 4.37. The maximum absolute atomic E-state index is 6.87. The second-order valence-electron chi connectivity index (χ2n) is 14.2. The summed E-state index contributed by atoms with van der Waals surface area (Å²) in [6, 6.07) is 65.0. The molecule has 0 aliphatic heterocycles. The van der Waals surface area contributed by atoms with Crippen LogP contribution in [0.4, 0.5) is 17.1 Å². The van der Waals surface area contributed by atoms with Crippen LogP contribution in [0.2, 0.25) is 0 Å². The Balaban J connectivity index is 1.11. The molecule has 53 heavy (non-hydrogen) atoms. The van der Waals surface area contributed by atoms with Crippen molar-refractivity contribution in [2.24, 2.45) is 0 Å². The van der Waals surface area contributed by atoms with Crippen molar-refractivity contribution in [1.82, 2.24) is 0 Å². The third kappa shape index (κ3) is 4.41. The minimum atomic E-state index is -0.294. The van der Waals surface area contributed by atoms with Crippen LogP contribution in [-0.2, 0) is 5.41 Å². The Bertz CT molecular complexity index is 2980. The van der Waals surface area contributed by atoms with Crippen molar-refractivity contribution in [3.63, 3.8) is 0 Å². The Morgan fingerprint density at radius 2 is 1.00 bits per heavy atom. The Hall–Kier alpha value is -6.84. The lowest BCUT2D eigenvalue weighted by Crippen LogP contribution is -2.22. The van der Waals surface area contributed by atoms with Gasteiger partial charge in [0.25, 0.3) is 0 Å². The summed E-state index contributed by atoms with van der Waals surface area (Å²) in [6.45, 7) is 2.36. The van der Waals surface area contributed by atoms with E-state index >= 15 is 0 Å². The lowest BCUT2D eigenvalue weighted by molar-refractivity contribution is 0.667. The molecule has 0 saturated carbocycles. The van der Waals surface area contributed by atoms with E-state index in [1.807, 2.05) is 12.1 Å². The Kier molecular flexibility index (Phi) is 6.38. The summed E-state index contributed by atoms with van der Waals surface area (Å²) < 4.78 is 13.1. The molecule has 0 bridgehead atoms. The predicted molar refractivity (Wildman–Crippen MR) is 219 cm³/mol. The summed E-state index contributed by atoms with van der Waals surface area (Å²) in [5.74, 6) is 0. The first-order chi connectivity index (χ1) is 26.1. The van der Waals surface area contributed by atoms with Crippen LogP contribution < -0.4 is 4.90 Å². The van der Waals surface area contributed by atoms with Crippen LogP contribution in [0.15, 0.2) is 191 Å². The van der Waals surface area contributed by atoms with Crippen molar-refractivity contribution in [3.05, 3.63) is 199 Å². The average Bonchev–Trinajstić information content (AvgIpc) is 3.87. The van der Waals surface area contributed by atoms with Gasteiger partial charge >= 0.3 is 0 Å². The van der Waals surface area contributed by atoms with Gasteiger partial charge in [-0.2, -0.15) is 0 Å². The second-order valence-corrected chi connectivity index (χ2v) is 14.2. The summed E-state index contributed by atoms with van der Waals surface area (Å²) in [5.41, 5.74) is 15.1. The van der Waals surface area contributed by atoms with Crippen molar-refractivity contribution in [2.75, 3.05) is 4.90 Å². The molecule has 0 amide bonds. The molecule has 0 unspecified atom stereocenters. The van der Waals surface area contributed by atoms with Crippen molar-refractivity contribution < 1.29 is 8.83 Å². The molecule has 0 atom stereocenters. The highest BCUT2D eigenvalue weighted by molar-refractivity contribution is 6.12. The molecule has 0 N–H and O–H groups in total. The fourth-order valence-electron chi connectivity index (χ4n) is 8.75. The quantitative estimate of drug-likeness (QED) is 0.181. The molecular formula is C50H33NO2. The van der Waals surface area contributed by atoms with Crippen LogP contribution in [0.3, 0.4) is 0 Å². The Labute approximate surface area is 307 Å². The van der Waals surface area contributed by atoms with Crippen molar-refractivity contribution in [3.8, 4) is 22.3 Å². The fraction of sp³-hybridized carbons (Fsp3) is 0.0400. The van der Waals surface area contributed by atoms with Gasteiger partial charge in [0.15, 0.2) is 5.58 Å². The van der Waals surface area contributed by atoms with Gasteiger partial charge in [0, 0.05) is 38.3 Å². The van der Waals surface area contributed by atoms with E-state index in [0.29, 0.717) is 0 Å². The minimum Gasteiger partial charge on any atom is -0.456 e. The number of furan rings is 2. The molecule has 3 nitrogen and oxygen atoms in total. The molecular weight excluding hydrogens is 647 g/mol. The van der Waals surface area contributed by atoms with Gasteiger partial charge in [0.1, 0.15) is 16.7 Å². The molecule has 10 aromatic rings. The topological polar surface area (TPSA) is 29.5 Å². The largest absolute Gasteiger partial charge is 0.456 e. The summed E-state index contributed by atoms with van der Waals surface area (Å²) in [4.78, 5) is 2.31. The molecule has 3 heteroatoms. The highest BCUT2D eigenvalue weighted by atomic mass is 16.3. The number of hydrogen-bond donors (Lipinski definition) is 0. The molecule has 1 aliphatic carbocycles. The molecule has 1 aliphatic rings. The molecule has 0 spiro atoms. The van der Waals surface area contributed by atoms with E-state index in [4.69, 9.17) is 8.83 Å². The van der Waals surface area contributed by atoms with Gasteiger partial charge in [-0.15, -0.1) is 0 Å². The normalized spacial score (nSPS) is 13.2.